The number of hydrogen-bond acceptors (Lipinski definition) is 4. The molecular weight excluding hydrogens is 251 g/mol. The first-order valence-electron chi connectivity index (χ1n) is 5.71. The van der Waals surface area contributed by atoms with Crippen molar-refractivity contribution in [3.8, 4) is 0 Å². The highest BCUT2D eigenvalue weighted by molar-refractivity contribution is 5.76. The van der Waals surface area contributed by atoms with Crippen LogP contribution < -0.4 is 0 Å². The van der Waals surface area contributed by atoms with Crippen LogP contribution in [0, 0.1) is 10.1 Å². The minimum atomic E-state index is -1.35. The number of aromatic nitrogens is 1. The molecule has 5 nitrogen and oxygen atoms in total. The molecule has 0 amide bonds. The van der Waals surface area contributed by atoms with Gasteiger partial charge in [-0.1, -0.05) is 18.2 Å². The Morgan fingerprint density at radius 1 is 1.37 bits per heavy atom. The Kier molecular flexibility index (Phi) is 2.63. The van der Waals surface area contributed by atoms with Crippen LogP contribution in [0.3, 0.4) is 0 Å². The lowest BCUT2D eigenvalue weighted by atomic mass is 10.00. The molecule has 3 rings (SSSR count). The molecule has 1 heterocycles. The molecule has 0 bridgehead atoms. The Morgan fingerprint density at radius 3 is 2.89 bits per heavy atom. The van der Waals surface area contributed by atoms with Crippen molar-refractivity contribution in [3.05, 3.63) is 58.2 Å². The van der Waals surface area contributed by atoms with E-state index in [1.54, 1.807) is 12.1 Å². The van der Waals surface area contributed by atoms with Crippen LogP contribution in [0.1, 0.15) is 12.3 Å². The van der Waals surface area contributed by atoms with Crippen molar-refractivity contribution in [2.75, 3.05) is 0 Å². The average molecular weight is 260 g/mol. The third-order valence-electron chi connectivity index (χ3n) is 3.00. The normalized spacial score (nSPS) is 19.1. The monoisotopic (exact) mass is 260 g/mol. The van der Waals surface area contributed by atoms with E-state index >= 15 is 0 Å². The summed E-state index contributed by atoms with van der Waals surface area (Å²) in [6.45, 7) is 0. The van der Waals surface area contributed by atoms with Crippen LogP contribution in [0.15, 0.2) is 46.7 Å². The highest BCUT2D eigenvalue weighted by atomic mass is 19.1. The lowest BCUT2D eigenvalue weighted by Crippen LogP contribution is -2.22. The predicted molar refractivity (Wildman–Crippen MR) is 66.6 cm³/mol. The molecule has 0 N–H and O–H groups in total. The summed E-state index contributed by atoms with van der Waals surface area (Å²) in [4.78, 5) is 14.4. The van der Waals surface area contributed by atoms with Crippen LogP contribution in [0.25, 0.3) is 16.7 Å². The highest BCUT2D eigenvalue weighted by Gasteiger charge is 2.31. The van der Waals surface area contributed by atoms with Gasteiger partial charge in [-0.25, -0.2) is 9.37 Å². The maximum atomic E-state index is 13.3. The summed E-state index contributed by atoms with van der Waals surface area (Å²) in [5.41, 5.74) is 1.80. The van der Waals surface area contributed by atoms with Gasteiger partial charge in [0.05, 0.1) is 6.42 Å². The van der Waals surface area contributed by atoms with E-state index in [-0.39, 0.29) is 6.42 Å². The van der Waals surface area contributed by atoms with Crippen LogP contribution in [-0.4, -0.2) is 15.9 Å². The SMILES string of the molecule is O=[N+]([O-])C1CC(c2nc3ccccc3o2)=CC=C1F. The lowest BCUT2D eigenvalue weighted by Gasteiger charge is -2.11. The summed E-state index contributed by atoms with van der Waals surface area (Å²) >= 11 is 0. The van der Waals surface area contributed by atoms with E-state index in [1.165, 1.54) is 6.08 Å². The van der Waals surface area contributed by atoms with E-state index in [4.69, 9.17) is 4.42 Å². The Morgan fingerprint density at radius 2 is 2.16 bits per heavy atom. The Bertz CT molecular complexity index is 685. The Labute approximate surface area is 107 Å². The molecular formula is C13H9FN2O3. The van der Waals surface area contributed by atoms with Gasteiger partial charge in [0.15, 0.2) is 11.4 Å². The van der Waals surface area contributed by atoms with Crippen molar-refractivity contribution in [2.45, 2.75) is 12.5 Å². The number of nitro groups is 1. The number of para-hydroxylation sites is 2. The van der Waals surface area contributed by atoms with Gasteiger partial charge in [-0.15, -0.1) is 0 Å². The smallest absolute Gasteiger partial charge is 0.267 e. The van der Waals surface area contributed by atoms with Crippen LogP contribution >= 0.6 is 0 Å². The van der Waals surface area contributed by atoms with Gasteiger partial charge in [0.1, 0.15) is 5.52 Å². The summed E-state index contributed by atoms with van der Waals surface area (Å²) in [5, 5.41) is 10.8. The first-order chi connectivity index (χ1) is 9.15. The molecule has 0 aliphatic heterocycles. The second-order valence-corrected chi connectivity index (χ2v) is 4.24. The van der Waals surface area contributed by atoms with Crippen molar-refractivity contribution in [1.82, 2.24) is 4.98 Å². The lowest BCUT2D eigenvalue weighted by molar-refractivity contribution is -0.513. The Balaban J connectivity index is 2.00. The van der Waals surface area contributed by atoms with Crippen molar-refractivity contribution < 1.29 is 13.7 Å². The average Bonchev–Trinajstić information content (AvgIpc) is 2.82. The molecule has 1 unspecified atom stereocenters. The second kappa shape index (κ2) is 4.31. The fourth-order valence-corrected chi connectivity index (χ4v) is 2.01. The third kappa shape index (κ3) is 2.01. The van der Waals surface area contributed by atoms with E-state index in [0.717, 1.165) is 6.08 Å². The number of fused-ring (bicyclic) bond motifs is 1. The molecule has 1 aliphatic carbocycles. The largest absolute Gasteiger partial charge is 0.436 e. The van der Waals surface area contributed by atoms with Crippen LogP contribution in [0.5, 0.6) is 0 Å². The zero-order valence-electron chi connectivity index (χ0n) is 9.75. The zero-order valence-corrected chi connectivity index (χ0v) is 9.75. The Hall–Kier alpha value is -2.50. The second-order valence-electron chi connectivity index (χ2n) is 4.24. The van der Waals surface area contributed by atoms with E-state index in [0.29, 0.717) is 22.6 Å². The van der Waals surface area contributed by atoms with Gasteiger partial charge in [0, 0.05) is 10.5 Å². The van der Waals surface area contributed by atoms with E-state index in [1.807, 2.05) is 12.1 Å². The summed E-state index contributed by atoms with van der Waals surface area (Å²) in [6.07, 6.45) is 2.52. The van der Waals surface area contributed by atoms with Gasteiger partial charge < -0.3 is 4.42 Å². The molecule has 0 spiro atoms. The fraction of sp³-hybridized carbons (Fsp3) is 0.154. The van der Waals surface area contributed by atoms with Crippen molar-refractivity contribution in [1.29, 1.82) is 0 Å². The minimum absolute atomic E-state index is 0.0534. The minimum Gasteiger partial charge on any atom is -0.436 e. The maximum Gasteiger partial charge on any atom is 0.267 e. The number of benzene rings is 1. The molecule has 6 heteroatoms. The molecule has 0 saturated carbocycles. The van der Waals surface area contributed by atoms with Crippen molar-refractivity contribution in [3.63, 3.8) is 0 Å². The summed E-state index contributed by atoms with van der Waals surface area (Å²) < 4.78 is 18.8. The number of nitrogens with zero attached hydrogens (tertiary/aromatic N) is 2. The number of halogens is 1. The van der Waals surface area contributed by atoms with Crippen LogP contribution in [0.2, 0.25) is 0 Å². The molecule has 1 aromatic heterocycles. The number of allylic oxidation sites excluding steroid dienone is 2. The van der Waals surface area contributed by atoms with E-state index < -0.39 is 16.8 Å². The number of hydrogen-bond donors (Lipinski definition) is 0. The van der Waals surface area contributed by atoms with Crippen molar-refractivity contribution >= 4 is 16.7 Å². The van der Waals surface area contributed by atoms with Gasteiger partial charge in [-0.2, -0.15) is 0 Å². The molecule has 0 fully saturated rings. The first kappa shape index (κ1) is 11.6. The van der Waals surface area contributed by atoms with Gasteiger partial charge in [0.2, 0.25) is 5.89 Å². The highest BCUT2D eigenvalue weighted by Crippen LogP contribution is 2.30. The standard InChI is InChI=1S/C13H9FN2O3/c14-9-6-5-8(7-11(9)16(17)18)13-15-10-3-1-2-4-12(10)19-13/h1-6,11H,7H2. The summed E-state index contributed by atoms with van der Waals surface area (Å²) in [5.74, 6) is -0.443. The molecule has 96 valence electrons. The topological polar surface area (TPSA) is 69.2 Å². The molecule has 19 heavy (non-hydrogen) atoms. The fourth-order valence-electron chi connectivity index (χ4n) is 2.01. The van der Waals surface area contributed by atoms with Crippen LogP contribution in [0.4, 0.5) is 4.39 Å². The van der Waals surface area contributed by atoms with Crippen molar-refractivity contribution in [2.24, 2.45) is 0 Å². The van der Waals surface area contributed by atoms with E-state index in [9.17, 15) is 14.5 Å². The third-order valence-corrected chi connectivity index (χ3v) is 3.00. The molecule has 0 saturated heterocycles. The van der Waals surface area contributed by atoms with Gasteiger partial charge in [0.25, 0.3) is 6.04 Å². The molecule has 1 aliphatic rings. The molecule has 0 radical (unpaired) electrons. The summed E-state index contributed by atoms with van der Waals surface area (Å²) in [7, 11) is 0. The van der Waals surface area contributed by atoms with Gasteiger partial charge >= 0.3 is 0 Å². The van der Waals surface area contributed by atoms with E-state index in [2.05, 4.69) is 4.98 Å². The quantitative estimate of drug-likeness (QED) is 0.614. The molecule has 1 atom stereocenters. The van der Waals surface area contributed by atoms with Gasteiger partial charge in [-0.3, -0.25) is 10.1 Å². The van der Waals surface area contributed by atoms with Crippen LogP contribution in [-0.2, 0) is 0 Å². The predicted octanol–water partition coefficient (Wildman–Crippen LogP) is 3.11. The number of rotatable bonds is 2. The first-order valence-corrected chi connectivity index (χ1v) is 5.71. The maximum absolute atomic E-state index is 13.3. The zero-order chi connectivity index (χ0) is 13.4. The molecule has 2 aromatic rings. The number of oxazole rings is 1. The molecule has 1 aromatic carbocycles. The van der Waals surface area contributed by atoms with Gasteiger partial charge in [-0.05, 0) is 18.2 Å². The summed E-state index contributed by atoms with van der Waals surface area (Å²) in [6, 6.07) is 5.83.